The number of benzene rings is 2. The van der Waals surface area contributed by atoms with E-state index in [9.17, 15) is 23.6 Å². The van der Waals surface area contributed by atoms with Crippen molar-refractivity contribution in [3.05, 3.63) is 52.1 Å². The highest BCUT2D eigenvalue weighted by molar-refractivity contribution is 7.89. The molecule has 0 atom stereocenters. The van der Waals surface area contributed by atoms with Gasteiger partial charge < -0.3 is 9.84 Å². The third kappa shape index (κ3) is 4.43. The second-order valence-corrected chi connectivity index (χ2v) is 6.34. The molecule has 0 aromatic heterocycles. The van der Waals surface area contributed by atoms with Crippen LogP contribution >= 0.6 is 0 Å². The van der Waals surface area contributed by atoms with Crippen LogP contribution in [0.3, 0.4) is 0 Å². The van der Waals surface area contributed by atoms with E-state index in [0.717, 1.165) is 12.1 Å². The van der Waals surface area contributed by atoms with Crippen molar-refractivity contribution in [1.29, 1.82) is 0 Å². The Labute approximate surface area is 142 Å². The Kier molecular flexibility index (Phi) is 5.20. The lowest BCUT2D eigenvalue weighted by atomic mass is 10.2. The van der Waals surface area contributed by atoms with E-state index in [1.54, 1.807) is 6.07 Å². The van der Waals surface area contributed by atoms with Gasteiger partial charge in [0.25, 0.3) is 5.69 Å². The van der Waals surface area contributed by atoms with E-state index in [-0.39, 0.29) is 16.3 Å². The Balaban J connectivity index is 2.25. The number of primary sulfonamides is 1. The lowest BCUT2D eigenvalue weighted by Crippen LogP contribution is -2.12. The molecule has 0 saturated heterocycles. The number of hydrogen-bond acceptors (Lipinski definition) is 8. The van der Waals surface area contributed by atoms with Gasteiger partial charge in [-0.05, 0) is 35.9 Å². The summed E-state index contributed by atoms with van der Waals surface area (Å²) >= 11 is 0. The monoisotopic (exact) mass is 366 g/mol. The number of hydrazone groups is 1. The van der Waals surface area contributed by atoms with E-state index >= 15 is 0 Å². The molecule has 132 valence electrons. The molecule has 0 aliphatic carbocycles. The number of ether oxygens (including phenoxy) is 1. The average Bonchev–Trinajstić information content (AvgIpc) is 2.54. The van der Waals surface area contributed by atoms with Crippen molar-refractivity contribution in [1.82, 2.24) is 0 Å². The van der Waals surface area contributed by atoms with E-state index in [0.29, 0.717) is 11.3 Å². The maximum Gasteiger partial charge on any atom is 0.295 e. The number of phenols is 1. The van der Waals surface area contributed by atoms with Crippen LogP contribution in [0.2, 0.25) is 0 Å². The molecule has 0 saturated carbocycles. The van der Waals surface area contributed by atoms with Crippen molar-refractivity contribution in [3.63, 3.8) is 0 Å². The molecule has 2 aromatic carbocycles. The molecule has 11 heteroatoms. The zero-order chi connectivity index (χ0) is 18.6. The first-order valence-corrected chi connectivity index (χ1v) is 8.24. The number of nitrogens with one attached hydrogen (secondary N) is 1. The Morgan fingerprint density at radius 2 is 2.04 bits per heavy atom. The van der Waals surface area contributed by atoms with Crippen LogP contribution in [0.4, 0.5) is 11.4 Å². The number of phenolic OH excluding ortho intramolecular Hbond substituents is 1. The van der Waals surface area contributed by atoms with Crippen LogP contribution in [0.25, 0.3) is 0 Å². The van der Waals surface area contributed by atoms with Gasteiger partial charge in [0.05, 0.1) is 23.1 Å². The molecule has 2 aromatic rings. The quantitative estimate of drug-likeness (QED) is 0.396. The summed E-state index contributed by atoms with van der Waals surface area (Å²) in [6.45, 7) is 0. The third-order valence-corrected chi connectivity index (χ3v) is 4.01. The second kappa shape index (κ2) is 7.15. The number of anilines is 1. The van der Waals surface area contributed by atoms with Gasteiger partial charge in [0, 0.05) is 6.07 Å². The fourth-order valence-corrected chi connectivity index (χ4v) is 2.43. The predicted molar refractivity (Wildman–Crippen MR) is 90.3 cm³/mol. The van der Waals surface area contributed by atoms with Crippen LogP contribution in [-0.4, -0.2) is 31.8 Å². The molecule has 25 heavy (non-hydrogen) atoms. The molecule has 0 radical (unpaired) electrons. The van der Waals surface area contributed by atoms with Gasteiger partial charge in [-0.3, -0.25) is 15.5 Å². The number of methoxy groups -OCH3 is 1. The second-order valence-electron chi connectivity index (χ2n) is 4.78. The third-order valence-electron chi connectivity index (χ3n) is 3.10. The average molecular weight is 366 g/mol. The van der Waals surface area contributed by atoms with Crippen LogP contribution in [-0.2, 0) is 10.0 Å². The largest absolute Gasteiger partial charge is 0.504 e. The van der Waals surface area contributed by atoms with Gasteiger partial charge in [-0.2, -0.15) is 5.10 Å². The summed E-state index contributed by atoms with van der Waals surface area (Å²) in [6, 6.07) is 7.68. The van der Waals surface area contributed by atoms with Crippen LogP contribution in [0, 0.1) is 10.1 Å². The maximum atomic E-state index is 11.3. The molecule has 0 amide bonds. The van der Waals surface area contributed by atoms with E-state index < -0.39 is 20.6 Å². The Morgan fingerprint density at radius 3 is 2.60 bits per heavy atom. The molecule has 0 bridgehead atoms. The zero-order valence-electron chi connectivity index (χ0n) is 12.9. The minimum absolute atomic E-state index is 0.0219. The summed E-state index contributed by atoms with van der Waals surface area (Å²) in [5.74, 6) is 0.203. The molecular formula is C14H14N4O6S. The van der Waals surface area contributed by atoms with Crippen LogP contribution in [0.15, 0.2) is 46.4 Å². The summed E-state index contributed by atoms with van der Waals surface area (Å²) in [6.07, 6.45) is 1.32. The van der Waals surface area contributed by atoms with E-state index in [1.165, 1.54) is 31.5 Å². The van der Waals surface area contributed by atoms with Crippen molar-refractivity contribution >= 4 is 27.6 Å². The van der Waals surface area contributed by atoms with Gasteiger partial charge in [0.1, 0.15) is 5.69 Å². The first-order valence-electron chi connectivity index (χ1n) is 6.69. The number of nitro benzene ring substituents is 1. The molecule has 0 aliphatic rings. The summed E-state index contributed by atoms with van der Waals surface area (Å²) in [7, 11) is -2.65. The van der Waals surface area contributed by atoms with Crippen molar-refractivity contribution < 1.29 is 23.2 Å². The molecular weight excluding hydrogens is 352 g/mol. The highest BCUT2D eigenvalue weighted by Gasteiger charge is 2.18. The van der Waals surface area contributed by atoms with Crippen molar-refractivity contribution in [2.45, 2.75) is 4.90 Å². The molecule has 0 spiro atoms. The zero-order valence-corrected chi connectivity index (χ0v) is 13.7. The first kappa shape index (κ1) is 18.2. The van der Waals surface area contributed by atoms with Gasteiger partial charge in [-0.1, -0.05) is 0 Å². The van der Waals surface area contributed by atoms with Crippen LogP contribution in [0.5, 0.6) is 11.5 Å². The van der Waals surface area contributed by atoms with Crippen molar-refractivity contribution in [3.8, 4) is 11.5 Å². The maximum absolute atomic E-state index is 11.3. The van der Waals surface area contributed by atoms with Crippen molar-refractivity contribution in [2.24, 2.45) is 10.2 Å². The fraction of sp³-hybridized carbons (Fsp3) is 0.0714. The summed E-state index contributed by atoms with van der Waals surface area (Å²) < 4.78 is 27.5. The first-order chi connectivity index (χ1) is 11.7. The Morgan fingerprint density at radius 1 is 1.32 bits per heavy atom. The van der Waals surface area contributed by atoms with E-state index in [2.05, 4.69) is 10.5 Å². The lowest BCUT2D eigenvalue weighted by Gasteiger charge is -2.05. The number of sulfonamides is 1. The minimum Gasteiger partial charge on any atom is -0.504 e. The number of hydrogen-bond donors (Lipinski definition) is 3. The van der Waals surface area contributed by atoms with E-state index in [4.69, 9.17) is 9.88 Å². The standard InChI is InChI=1S/C14H14N4O6S/c1-24-14-5-2-9(6-13(14)19)8-16-17-11-4-3-10(25(15,22)23)7-12(11)18(20)21/h2-8,17,19H,1H3,(H2,15,22,23)/b16-8-. The number of rotatable bonds is 6. The fourth-order valence-electron chi connectivity index (χ4n) is 1.90. The van der Waals surface area contributed by atoms with Gasteiger partial charge in [-0.25, -0.2) is 13.6 Å². The molecule has 0 fully saturated rings. The molecule has 10 nitrogen and oxygen atoms in total. The highest BCUT2D eigenvalue weighted by atomic mass is 32.2. The van der Waals surface area contributed by atoms with Gasteiger partial charge in [-0.15, -0.1) is 0 Å². The molecule has 4 N–H and O–H groups in total. The smallest absolute Gasteiger partial charge is 0.295 e. The topological polar surface area (TPSA) is 157 Å². The number of nitrogens with zero attached hydrogens (tertiary/aromatic N) is 2. The number of aromatic hydroxyl groups is 1. The lowest BCUT2D eigenvalue weighted by molar-refractivity contribution is -0.384. The highest BCUT2D eigenvalue weighted by Crippen LogP contribution is 2.28. The molecule has 0 unspecified atom stereocenters. The Bertz CT molecular complexity index is 942. The minimum atomic E-state index is -4.06. The van der Waals surface area contributed by atoms with Crippen LogP contribution < -0.4 is 15.3 Å². The normalized spacial score (nSPS) is 11.4. The molecule has 2 rings (SSSR count). The van der Waals surface area contributed by atoms with Gasteiger partial charge in [0.2, 0.25) is 10.0 Å². The Hall–Kier alpha value is -3.18. The summed E-state index contributed by atoms with van der Waals surface area (Å²) in [4.78, 5) is 9.94. The van der Waals surface area contributed by atoms with Gasteiger partial charge in [0.15, 0.2) is 11.5 Å². The van der Waals surface area contributed by atoms with Crippen LogP contribution in [0.1, 0.15) is 5.56 Å². The van der Waals surface area contributed by atoms with Crippen molar-refractivity contribution in [2.75, 3.05) is 12.5 Å². The van der Waals surface area contributed by atoms with Gasteiger partial charge >= 0.3 is 0 Å². The molecule has 0 aliphatic heterocycles. The number of nitrogens with two attached hydrogens (primary N) is 1. The SMILES string of the molecule is COc1ccc(/C=N\Nc2ccc(S(N)(=O)=O)cc2[N+](=O)[O-])cc1O. The molecule has 0 heterocycles. The summed E-state index contributed by atoms with van der Waals surface area (Å²) in [5.41, 5.74) is 2.44. The summed E-state index contributed by atoms with van der Waals surface area (Å²) in [5, 5.41) is 29.5. The number of nitro groups is 1. The predicted octanol–water partition coefficient (Wildman–Crippen LogP) is 1.40. The van der Waals surface area contributed by atoms with E-state index in [1.807, 2.05) is 0 Å².